The van der Waals surface area contributed by atoms with Crippen LogP contribution in [0.2, 0.25) is 0 Å². The molecule has 0 spiro atoms. The van der Waals surface area contributed by atoms with Crippen molar-refractivity contribution in [2.24, 2.45) is 0 Å². The van der Waals surface area contributed by atoms with Gasteiger partial charge in [0.05, 0.1) is 12.3 Å². The molecule has 1 saturated heterocycles. The molecule has 12 heteroatoms. The van der Waals surface area contributed by atoms with Gasteiger partial charge in [-0.05, 0) is 18.4 Å². The number of hydrogen-bond acceptors (Lipinski definition) is 7. The summed E-state index contributed by atoms with van der Waals surface area (Å²) < 4.78 is 20.1. The molecule has 3 atom stereocenters. The fourth-order valence-corrected chi connectivity index (χ4v) is 2.74. The van der Waals surface area contributed by atoms with E-state index in [-0.39, 0.29) is 77.5 Å². The molecule has 2 rings (SSSR count). The van der Waals surface area contributed by atoms with Crippen LogP contribution in [-0.4, -0.2) is 32.9 Å². The van der Waals surface area contributed by atoms with Crippen LogP contribution in [0.15, 0.2) is 11.0 Å². The van der Waals surface area contributed by atoms with E-state index in [9.17, 15) is 24.1 Å². The maximum absolute atomic E-state index is 13.8. The number of aromatic nitrogens is 2. The van der Waals surface area contributed by atoms with Gasteiger partial charge in [0.15, 0.2) is 0 Å². The van der Waals surface area contributed by atoms with Crippen molar-refractivity contribution < 1.29 is 88.0 Å². The standard InChI is InChI=1S/C11H16FN2O6P.2Na/c1-6-5-14(11(16)13-10(6)15)9-4-7(12)8(20-9)2-3-21(17,18)19;;/h5,7-9H,2-4H2,1H3,(H,13,15,16)(H2,17,18,19);;/q;2*+1/p-2/t7-,8+,9+;;/m0../s1. The van der Waals surface area contributed by atoms with E-state index in [1.165, 1.54) is 13.1 Å². The van der Waals surface area contributed by atoms with Gasteiger partial charge in [-0.25, -0.2) is 14.2 Å². The van der Waals surface area contributed by atoms with Crippen LogP contribution in [0.3, 0.4) is 0 Å². The van der Waals surface area contributed by atoms with Crippen LogP contribution in [0.5, 0.6) is 5.88 Å². The van der Waals surface area contributed by atoms with Gasteiger partial charge in [-0.3, -0.25) is 9.46 Å². The van der Waals surface area contributed by atoms with Gasteiger partial charge in [0.25, 0.3) is 0 Å². The monoisotopic (exact) mass is 366 g/mol. The summed E-state index contributed by atoms with van der Waals surface area (Å²) in [5, 5.41) is 11.2. The first kappa shape index (κ1) is 23.9. The quantitative estimate of drug-likeness (QED) is 0.413. The second kappa shape index (κ2) is 9.54. The van der Waals surface area contributed by atoms with Gasteiger partial charge in [-0.2, -0.15) is 0 Å². The van der Waals surface area contributed by atoms with Crippen LogP contribution in [0.1, 0.15) is 24.6 Å². The van der Waals surface area contributed by atoms with Crippen LogP contribution in [0.4, 0.5) is 4.39 Å². The minimum Gasteiger partial charge on any atom is -0.858 e. The van der Waals surface area contributed by atoms with Crippen molar-refractivity contribution in [3.05, 3.63) is 22.2 Å². The summed E-state index contributed by atoms with van der Waals surface area (Å²) in [6.45, 7) is 1.46. The van der Waals surface area contributed by atoms with E-state index in [2.05, 4.69) is 4.98 Å². The van der Waals surface area contributed by atoms with E-state index >= 15 is 0 Å². The van der Waals surface area contributed by atoms with Crippen molar-refractivity contribution in [3.63, 3.8) is 0 Å². The van der Waals surface area contributed by atoms with Gasteiger partial charge in [-0.15, -0.1) is 0 Å². The zero-order valence-corrected chi connectivity index (χ0v) is 18.0. The Morgan fingerprint density at radius 1 is 1.52 bits per heavy atom. The predicted molar refractivity (Wildman–Crippen MR) is 64.7 cm³/mol. The zero-order chi connectivity index (χ0) is 15.8. The van der Waals surface area contributed by atoms with Crippen molar-refractivity contribution in [2.75, 3.05) is 6.16 Å². The summed E-state index contributed by atoms with van der Waals surface area (Å²) in [6.07, 6.45) is -3.19. The average Bonchev–Trinajstić information content (AvgIpc) is 2.72. The van der Waals surface area contributed by atoms with Crippen molar-refractivity contribution in [1.29, 1.82) is 0 Å². The predicted octanol–water partition coefficient (Wildman–Crippen LogP) is -7.88. The Bertz CT molecular complexity index is 585. The molecule has 1 aliphatic rings. The van der Waals surface area contributed by atoms with E-state index in [0.29, 0.717) is 0 Å². The summed E-state index contributed by atoms with van der Waals surface area (Å²) >= 11 is 0. The van der Waals surface area contributed by atoms with Gasteiger partial charge in [0.2, 0.25) is 0 Å². The van der Waals surface area contributed by atoms with E-state index in [0.717, 1.165) is 4.57 Å². The van der Waals surface area contributed by atoms with Crippen LogP contribution in [-0.2, 0) is 4.74 Å². The van der Waals surface area contributed by atoms with Crippen LogP contribution < -0.4 is 79.7 Å². The molecule has 0 radical (unpaired) electrons. The van der Waals surface area contributed by atoms with E-state index in [1.807, 2.05) is 0 Å². The molecule has 0 aromatic carbocycles. The third kappa shape index (κ3) is 6.60. The van der Waals surface area contributed by atoms with Crippen molar-refractivity contribution in [2.45, 2.75) is 38.3 Å². The molecule has 0 saturated carbocycles. The number of nitrogens with zero attached hydrogens (tertiary/aromatic N) is 2. The number of aryl methyl sites for hydroxylation is 1. The molecule has 0 aliphatic carbocycles. The molecule has 8 nitrogen and oxygen atoms in total. The smallest absolute Gasteiger partial charge is 0.858 e. The van der Waals surface area contributed by atoms with Crippen LogP contribution in [0, 0.1) is 6.92 Å². The Morgan fingerprint density at radius 2 is 2.13 bits per heavy atom. The Balaban J connectivity index is 0.00000242. The molecule has 1 aromatic heterocycles. The minimum absolute atomic E-state index is 0. The summed E-state index contributed by atoms with van der Waals surface area (Å²) in [4.78, 5) is 44.9. The maximum atomic E-state index is 13.8. The molecular formula is C11H14FN2Na2O6P. The van der Waals surface area contributed by atoms with Gasteiger partial charge in [0.1, 0.15) is 12.4 Å². The number of halogens is 1. The molecule has 1 N–H and O–H groups in total. The Morgan fingerprint density at radius 3 is 2.70 bits per heavy atom. The maximum Gasteiger partial charge on any atom is 1.00 e. The fourth-order valence-electron chi connectivity index (χ4n) is 2.16. The number of ether oxygens (including phenoxy) is 1. The summed E-state index contributed by atoms with van der Waals surface area (Å²) in [6, 6.07) is 0. The molecule has 118 valence electrons. The van der Waals surface area contributed by atoms with Crippen molar-refractivity contribution >= 4 is 7.94 Å². The number of alkyl halides is 1. The largest absolute Gasteiger partial charge is 1.00 e. The van der Waals surface area contributed by atoms with E-state index < -0.39 is 44.2 Å². The average molecular weight is 366 g/mol. The molecule has 0 unspecified atom stereocenters. The summed E-state index contributed by atoms with van der Waals surface area (Å²) in [5.74, 6) is -0.657. The molecule has 0 amide bonds. The Kier molecular flexibility index (Phi) is 9.91. The first-order valence-electron chi connectivity index (χ1n) is 6.26. The molecule has 0 bridgehead atoms. The summed E-state index contributed by atoms with van der Waals surface area (Å²) in [5.41, 5.74) is -0.628. The first-order valence-corrected chi connectivity index (χ1v) is 8.03. The van der Waals surface area contributed by atoms with Crippen LogP contribution in [0.25, 0.3) is 0 Å². The molecule has 1 aliphatic heterocycles. The topological polar surface area (TPSA) is 134 Å². The van der Waals surface area contributed by atoms with Crippen molar-refractivity contribution in [1.82, 2.24) is 9.55 Å². The first-order chi connectivity index (χ1) is 9.67. The fraction of sp³-hybridized carbons (Fsp3) is 0.636. The number of rotatable bonds is 4. The SMILES string of the molecule is Cc1cn([C@H]2C[C@H](F)[C@@H](CC[P+]([O-])([O-])O)O2)c(=O)nc1[O-].[Na+].[Na+]. The molecule has 2 heterocycles. The van der Waals surface area contributed by atoms with Gasteiger partial charge in [0, 0.05) is 27.0 Å². The summed E-state index contributed by atoms with van der Waals surface area (Å²) in [7, 11) is -4.48. The molecular weight excluding hydrogens is 352 g/mol. The van der Waals surface area contributed by atoms with E-state index in [1.54, 1.807) is 0 Å². The van der Waals surface area contributed by atoms with Crippen molar-refractivity contribution in [3.8, 4) is 5.88 Å². The minimum atomic E-state index is -4.48. The third-order valence-electron chi connectivity index (χ3n) is 3.26. The molecule has 23 heavy (non-hydrogen) atoms. The van der Waals surface area contributed by atoms with Gasteiger partial charge < -0.3 is 19.6 Å². The number of hydrogen-bond donors (Lipinski definition) is 1. The Labute approximate surface area is 176 Å². The van der Waals surface area contributed by atoms with Gasteiger partial charge in [-0.1, -0.05) is 0 Å². The zero-order valence-electron chi connectivity index (χ0n) is 13.1. The van der Waals surface area contributed by atoms with Gasteiger partial charge >= 0.3 is 64.8 Å². The van der Waals surface area contributed by atoms with E-state index in [4.69, 9.17) is 9.63 Å². The second-order valence-electron chi connectivity index (χ2n) is 4.95. The second-order valence-corrected chi connectivity index (χ2v) is 6.67. The molecule has 1 aromatic rings. The molecule has 1 fully saturated rings. The normalized spacial score (nSPS) is 24.0. The Hall–Kier alpha value is 0.880. The third-order valence-corrected chi connectivity index (χ3v) is 4.08. The van der Waals surface area contributed by atoms with Crippen LogP contribution >= 0.6 is 7.94 Å².